The third-order valence-electron chi connectivity index (χ3n) is 6.82. The van der Waals surface area contributed by atoms with Crippen LogP contribution in [0.1, 0.15) is 80.8 Å². The van der Waals surface area contributed by atoms with Gasteiger partial charge < -0.3 is 14.0 Å². The van der Waals surface area contributed by atoms with Crippen LogP contribution in [0.25, 0.3) is 0 Å². The van der Waals surface area contributed by atoms with Crippen molar-refractivity contribution in [1.29, 1.82) is 0 Å². The number of hydrogen-bond donors (Lipinski definition) is 2. The zero-order valence-electron chi connectivity index (χ0n) is 23.5. The molecule has 0 bridgehead atoms. The van der Waals surface area contributed by atoms with Gasteiger partial charge in [0.15, 0.2) is 11.5 Å². The number of amides is 2. The first-order valence-corrected chi connectivity index (χ1v) is 13.0. The van der Waals surface area contributed by atoms with Crippen LogP contribution < -0.4 is 21.0 Å². The number of hydrazine groups is 1. The van der Waals surface area contributed by atoms with Crippen molar-refractivity contribution in [2.75, 3.05) is 13.7 Å². The molecule has 1 aromatic carbocycles. The standard InChI is InChI=1S/C24H25F2N3O6.2C2H6/c1-23(2)21(32)18-20(34-3)19(31)15(11-29(18)12-24(23)7-4-8-35-24)22(33)28-27-17(30)9-13-5-6-14(25)10-16(13)26;2*1-2/h5-6,10-11H,4,7-9,12H2,1-3H3,(H,27,30)(H,28,33);2*1-2H3. The Morgan fingerprint density at radius 2 is 1.77 bits per heavy atom. The van der Waals surface area contributed by atoms with Crippen LogP contribution in [0.2, 0.25) is 0 Å². The lowest BCUT2D eigenvalue weighted by Crippen LogP contribution is -2.57. The molecule has 1 unspecified atom stereocenters. The molecule has 1 fully saturated rings. The second kappa shape index (κ2) is 13.0. The van der Waals surface area contributed by atoms with E-state index < -0.39 is 46.3 Å². The summed E-state index contributed by atoms with van der Waals surface area (Å²) in [5.41, 5.74) is 1.31. The summed E-state index contributed by atoms with van der Waals surface area (Å²) in [5.74, 6) is -4.03. The summed E-state index contributed by atoms with van der Waals surface area (Å²) in [6, 6.07) is 2.77. The number of ether oxygens (including phenoxy) is 2. The lowest BCUT2D eigenvalue weighted by molar-refractivity contribution is -0.121. The first-order valence-electron chi connectivity index (χ1n) is 13.0. The lowest BCUT2D eigenvalue weighted by atomic mass is 9.67. The fourth-order valence-electron chi connectivity index (χ4n) is 4.72. The number of fused-ring (bicyclic) bond motifs is 1. The van der Waals surface area contributed by atoms with E-state index in [1.807, 2.05) is 27.7 Å². The third kappa shape index (κ3) is 6.03. The molecule has 39 heavy (non-hydrogen) atoms. The second-order valence-electron chi connectivity index (χ2n) is 9.20. The minimum atomic E-state index is -0.949. The number of Topliss-reactive ketones (excluding diaryl/α,β-unsaturated/α-hetero) is 1. The molecule has 1 saturated heterocycles. The van der Waals surface area contributed by atoms with Gasteiger partial charge in [-0.05, 0) is 38.3 Å². The van der Waals surface area contributed by atoms with Gasteiger partial charge in [0.05, 0.1) is 31.1 Å². The molecular weight excluding hydrogens is 512 g/mol. The van der Waals surface area contributed by atoms with Crippen LogP contribution in [-0.2, 0) is 22.5 Å². The molecule has 4 rings (SSSR count). The highest BCUT2D eigenvalue weighted by molar-refractivity contribution is 6.04. The van der Waals surface area contributed by atoms with Crippen molar-refractivity contribution < 1.29 is 32.6 Å². The van der Waals surface area contributed by atoms with Crippen molar-refractivity contribution in [3.8, 4) is 5.75 Å². The number of aromatic nitrogens is 1. The van der Waals surface area contributed by atoms with Crippen molar-refractivity contribution in [3.63, 3.8) is 0 Å². The molecule has 2 amide bonds. The number of benzene rings is 1. The highest BCUT2D eigenvalue weighted by atomic mass is 19.1. The molecule has 3 heterocycles. The molecule has 9 nitrogen and oxygen atoms in total. The van der Waals surface area contributed by atoms with Crippen LogP contribution in [0.5, 0.6) is 5.75 Å². The zero-order chi connectivity index (χ0) is 29.5. The first-order chi connectivity index (χ1) is 18.5. The SMILES string of the molecule is CC.CC.COc1c2n(cc(C(=O)NNC(=O)Cc3ccc(F)cc3F)c1=O)CC1(CCCO1)C(C)(C)C2=O. The number of hydrogen-bond acceptors (Lipinski definition) is 6. The molecule has 2 N–H and O–H groups in total. The summed E-state index contributed by atoms with van der Waals surface area (Å²) in [6.07, 6.45) is 2.19. The van der Waals surface area contributed by atoms with Gasteiger partial charge in [-0.3, -0.25) is 30.0 Å². The first kappa shape index (κ1) is 31.6. The molecule has 1 spiro atoms. The smallest absolute Gasteiger partial charge is 0.275 e. The molecule has 2 aliphatic rings. The van der Waals surface area contributed by atoms with E-state index >= 15 is 0 Å². The van der Waals surface area contributed by atoms with Gasteiger partial charge in [0, 0.05) is 18.9 Å². The maximum absolute atomic E-state index is 13.8. The van der Waals surface area contributed by atoms with Gasteiger partial charge in [0.1, 0.15) is 22.9 Å². The Kier molecular flexibility index (Phi) is 10.5. The van der Waals surface area contributed by atoms with Crippen molar-refractivity contribution in [1.82, 2.24) is 15.4 Å². The molecule has 0 saturated carbocycles. The minimum absolute atomic E-state index is 0.0518. The van der Waals surface area contributed by atoms with E-state index in [-0.39, 0.29) is 34.9 Å². The number of ketones is 1. The zero-order valence-corrected chi connectivity index (χ0v) is 23.5. The van der Waals surface area contributed by atoms with Crippen LogP contribution in [0.15, 0.2) is 29.2 Å². The number of rotatable bonds is 4. The van der Waals surface area contributed by atoms with E-state index in [2.05, 4.69) is 10.9 Å². The van der Waals surface area contributed by atoms with Gasteiger partial charge in [-0.2, -0.15) is 0 Å². The molecule has 1 atom stereocenters. The normalized spacial score (nSPS) is 18.6. The fourth-order valence-corrected chi connectivity index (χ4v) is 4.72. The minimum Gasteiger partial charge on any atom is -0.491 e. The van der Waals surface area contributed by atoms with Gasteiger partial charge in [-0.15, -0.1) is 0 Å². The Morgan fingerprint density at radius 1 is 1.10 bits per heavy atom. The summed E-state index contributed by atoms with van der Waals surface area (Å²) in [6.45, 7) is 12.3. The van der Waals surface area contributed by atoms with Crippen LogP contribution in [0.3, 0.4) is 0 Å². The van der Waals surface area contributed by atoms with Crippen molar-refractivity contribution in [3.05, 3.63) is 63.1 Å². The third-order valence-corrected chi connectivity index (χ3v) is 6.82. The van der Waals surface area contributed by atoms with Gasteiger partial charge in [0.2, 0.25) is 11.3 Å². The average Bonchev–Trinajstić information content (AvgIpc) is 3.40. The van der Waals surface area contributed by atoms with Crippen molar-refractivity contribution in [2.24, 2.45) is 5.41 Å². The Hall–Kier alpha value is -3.60. The van der Waals surface area contributed by atoms with E-state index in [1.165, 1.54) is 17.9 Å². The van der Waals surface area contributed by atoms with Crippen LogP contribution in [-0.4, -0.2) is 41.5 Å². The molecule has 0 aliphatic carbocycles. The molecule has 2 aromatic rings. The maximum atomic E-state index is 13.8. The Bertz CT molecular complexity index is 1280. The maximum Gasteiger partial charge on any atom is 0.275 e. The fraction of sp³-hybridized carbons (Fsp3) is 0.500. The van der Waals surface area contributed by atoms with E-state index in [9.17, 15) is 28.0 Å². The van der Waals surface area contributed by atoms with Crippen LogP contribution in [0, 0.1) is 17.0 Å². The number of carbonyl (C=O) groups excluding carboxylic acids is 3. The number of nitrogens with one attached hydrogen (secondary N) is 2. The summed E-state index contributed by atoms with van der Waals surface area (Å²) in [4.78, 5) is 51.4. The lowest BCUT2D eigenvalue weighted by Gasteiger charge is -2.47. The Morgan fingerprint density at radius 3 is 2.33 bits per heavy atom. The molecule has 0 radical (unpaired) electrons. The second-order valence-corrected chi connectivity index (χ2v) is 9.20. The van der Waals surface area contributed by atoms with Gasteiger partial charge in [-0.1, -0.05) is 33.8 Å². The van der Waals surface area contributed by atoms with Crippen molar-refractivity contribution >= 4 is 17.6 Å². The van der Waals surface area contributed by atoms with Gasteiger partial charge >= 0.3 is 0 Å². The predicted octanol–water partition coefficient (Wildman–Crippen LogP) is 3.96. The van der Waals surface area contributed by atoms with Gasteiger partial charge in [0.25, 0.3) is 5.91 Å². The molecule has 2 aliphatic heterocycles. The number of methoxy groups -OCH3 is 1. The van der Waals surface area contributed by atoms with E-state index in [0.29, 0.717) is 19.1 Å². The van der Waals surface area contributed by atoms with E-state index in [0.717, 1.165) is 18.6 Å². The topological polar surface area (TPSA) is 116 Å². The van der Waals surface area contributed by atoms with Gasteiger partial charge in [-0.25, -0.2) is 8.78 Å². The number of carbonyl (C=O) groups is 3. The predicted molar refractivity (Wildman–Crippen MR) is 142 cm³/mol. The summed E-state index contributed by atoms with van der Waals surface area (Å²) >= 11 is 0. The summed E-state index contributed by atoms with van der Waals surface area (Å²) < 4.78 is 39.6. The molecule has 214 valence electrons. The molecule has 11 heteroatoms. The van der Waals surface area contributed by atoms with Crippen molar-refractivity contribution in [2.45, 2.75) is 73.0 Å². The number of pyridine rings is 1. The van der Waals surface area contributed by atoms with E-state index in [4.69, 9.17) is 9.47 Å². The van der Waals surface area contributed by atoms with Crippen LogP contribution in [0.4, 0.5) is 8.78 Å². The molecular formula is C28H37F2N3O6. The highest BCUT2D eigenvalue weighted by Gasteiger charge is 2.57. The molecule has 1 aromatic heterocycles. The Balaban J connectivity index is 0.00000127. The van der Waals surface area contributed by atoms with E-state index in [1.54, 1.807) is 13.8 Å². The summed E-state index contributed by atoms with van der Waals surface area (Å²) in [5, 5.41) is 0. The largest absolute Gasteiger partial charge is 0.491 e. The monoisotopic (exact) mass is 549 g/mol. The quantitative estimate of drug-likeness (QED) is 0.558. The summed E-state index contributed by atoms with van der Waals surface area (Å²) in [7, 11) is 1.23. The average molecular weight is 550 g/mol. The number of nitrogens with zero attached hydrogens (tertiary/aromatic N) is 1. The number of halogens is 2. The Labute approximate surface area is 226 Å². The van der Waals surface area contributed by atoms with Crippen LogP contribution >= 0.6 is 0 Å². The highest BCUT2D eigenvalue weighted by Crippen LogP contribution is 2.48.